The van der Waals surface area contributed by atoms with Gasteiger partial charge in [0.2, 0.25) is 5.91 Å². The summed E-state index contributed by atoms with van der Waals surface area (Å²) < 4.78 is 27.8. The highest BCUT2D eigenvalue weighted by Crippen LogP contribution is 2.42. The number of amides is 1. The Morgan fingerprint density at radius 1 is 1.06 bits per heavy atom. The third kappa shape index (κ3) is 7.09. The summed E-state index contributed by atoms with van der Waals surface area (Å²) in [4.78, 5) is 11.6. The monoisotopic (exact) mass is 443 g/mol. The van der Waals surface area contributed by atoms with Gasteiger partial charge in [-0.15, -0.1) is 6.58 Å². The lowest BCUT2D eigenvalue weighted by Crippen LogP contribution is -2.11. The highest BCUT2D eigenvalue weighted by molar-refractivity contribution is 5.90. The van der Waals surface area contributed by atoms with E-state index < -0.39 is 0 Å². The van der Waals surface area contributed by atoms with Gasteiger partial charge in [-0.3, -0.25) is 4.79 Å². The Kier molecular flexibility index (Phi) is 10.7. The van der Waals surface area contributed by atoms with Crippen molar-refractivity contribution >= 4 is 11.6 Å². The average molecular weight is 444 g/mol. The van der Waals surface area contributed by atoms with Crippen LogP contribution in [0, 0.1) is 0 Å². The average Bonchev–Trinajstić information content (AvgIpc) is 2.78. The second-order valence-electron chi connectivity index (χ2n) is 7.04. The first-order chi connectivity index (χ1) is 15.5. The number of anilines is 1. The quantitative estimate of drug-likeness (QED) is 0.262. The molecule has 2 rings (SSSR count). The zero-order valence-electron chi connectivity index (χ0n) is 19.4. The minimum absolute atomic E-state index is 0.0833. The zero-order valence-corrected chi connectivity index (χ0v) is 19.4. The maximum atomic E-state index is 11.6. The van der Waals surface area contributed by atoms with Crippen molar-refractivity contribution in [1.82, 2.24) is 0 Å². The van der Waals surface area contributed by atoms with Gasteiger partial charge >= 0.3 is 0 Å². The molecule has 0 fully saturated rings. The lowest BCUT2D eigenvalue weighted by atomic mass is 9.90. The Bertz CT molecular complexity index is 896. The maximum absolute atomic E-state index is 11.6. The molecule has 0 radical (unpaired) electrons. The van der Waals surface area contributed by atoms with Crippen molar-refractivity contribution in [3.05, 3.63) is 54.1 Å². The minimum atomic E-state index is -0.131. The number of rotatable bonds is 14. The Hall–Kier alpha value is -2.87. The maximum Gasteiger partial charge on any atom is 0.221 e. The van der Waals surface area contributed by atoms with Gasteiger partial charge in [-0.1, -0.05) is 25.1 Å². The second-order valence-corrected chi connectivity index (χ2v) is 7.04. The van der Waals surface area contributed by atoms with Gasteiger partial charge < -0.3 is 29.0 Å². The molecule has 0 bridgehead atoms. The van der Waals surface area contributed by atoms with Crippen LogP contribution >= 0.6 is 0 Å². The number of nitrogens with one attached hydrogen (secondary N) is 1. The molecule has 1 amide bonds. The lowest BCUT2D eigenvalue weighted by Gasteiger charge is -2.22. The zero-order chi connectivity index (χ0) is 23.3. The van der Waals surface area contributed by atoms with Crippen molar-refractivity contribution in [3.8, 4) is 22.6 Å². The topological polar surface area (TPSA) is 75.2 Å². The molecular weight excluding hydrogens is 410 g/mol. The summed E-state index contributed by atoms with van der Waals surface area (Å²) in [7, 11) is 3.16. The highest BCUT2D eigenvalue weighted by atomic mass is 16.7. The van der Waals surface area contributed by atoms with Crippen LogP contribution in [-0.2, 0) is 31.8 Å². The Morgan fingerprint density at radius 2 is 1.78 bits per heavy atom. The van der Waals surface area contributed by atoms with E-state index in [1.807, 2.05) is 30.3 Å². The third-order valence-electron chi connectivity index (χ3n) is 4.69. The molecular formula is C25H33NO6. The first-order valence-electron chi connectivity index (χ1n) is 10.5. The number of carbonyl (C=O) groups excluding carboxylic acids is 1. The van der Waals surface area contributed by atoms with Gasteiger partial charge in [-0.25, -0.2) is 0 Å². The van der Waals surface area contributed by atoms with E-state index in [1.54, 1.807) is 20.3 Å². The van der Waals surface area contributed by atoms with Crippen LogP contribution in [-0.4, -0.2) is 46.9 Å². The van der Waals surface area contributed by atoms with Crippen LogP contribution in [0.1, 0.15) is 25.0 Å². The van der Waals surface area contributed by atoms with Gasteiger partial charge in [-0.2, -0.15) is 0 Å². The van der Waals surface area contributed by atoms with Crippen LogP contribution in [0.2, 0.25) is 0 Å². The van der Waals surface area contributed by atoms with Crippen LogP contribution in [0.15, 0.2) is 43.0 Å². The van der Waals surface area contributed by atoms with E-state index in [2.05, 4.69) is 18.8 Å². The molecule has 0 atom stereocenters. The van der Waals surface area contributed by atoms with E-state index in [1.165, 1.54) is 6.92 Å². The standard InChI is InChI=1S/C25H33NO6/c1-6-12-30-13-11-22-21(7-2)23(31-16-28-4)15-24(32-17-29-5)25(22)19-9-8-10-20(14-19)26-18(3)27/h6,8-10,14-15H,1,7,11-13,16-17H2,2-5H3,(H,26,27). The van der Waals surface area contributed by atoms with Crippen LogP contribution in [0.25, 0.3) is 11.1 Å². The molecule has 0 aliphatic heterocycles. The molecule has 1 N–H and O–H groups in total. The molecule has 0 aromatic heterocycles. The molecule has 0 spiro atoms. The van der Waals surface area contributed by atoms with Gasteiger partial charge in [0.05, 0.1) is 13.2 Å². The minimum Gasteiger partial charge on any atom is -0.467 e. The van der Waals surface area contributed by atoms with Gasteiger partial charge in [-0.05, 0) is 41.7 Å². The fraction of sp³-hybridized carbons (Fsp3) is 0.400. The molecule has 0 saturated carbocycles. The largest absolute Gasteiger partial charge is 0.467 e. The molecule has 7 heteroatoms. The van der Waals surface area contributed by atoms with Crippen molar-refractivity contribution in [2.45, 2.75) is 26.7 Å². The molecule has 0 heterocycles. The first kappa shape index (κ1) is 25.4. The van der Waals surface area contributed by atoms with E-state index in [0.29, 0.717) is 36.8 Å². The summed E-state index contributed by atoms with van der Waals surface area (Å²) in [5.74, 6) is 1.18. The Morgan fingerprint density at radius 3 is 2.41 bits per heavy atom. The highest BCUT2D eigenvalue weighted by Gasteiger charge is 2.21. The molecule has 2 aromatic rings. The van der Waals surface area contributed by atoms with Crippen molar-refractivity contribution in [2.75, 3.05) is 46.3 Å². The van der Waals surface area contributed by atoms with Gasteiger partial charge in [0.1, 0.15) is 11.5 Å². The molecule has 0 saturated heterocycles. The van der Waals surface area contributed by atoms with E-state index in [-0.39, 0.29) is 19.5 Å². The van der Waals surface area contributed by atoms with Gasteiger partial charge in [0.25, 0.3) is 0 Å². The molecule has 32 heavy (non-hydrogen) atoms. The number of benzene rings is 2. The molecule has 7 nitrogen and oxygen atoms in total. The Labute approximate surface area is 190 Å². The second kappa shape index (κ2) is 13.5. The Balaban J connectivity index is 2.67. The summed E-state index contributed by atoms with van der Waals surface area (Å²) in [5.41, 5.74) is 4.64. The summed E-state index contributed by atoms with van der Waals surface area (Å²) in [6, 6.07) is 9.54. The molecule has 2 aromatic carbocycles. The van der Waals surface area contributed by atoms with Gasteiger partial charge in [0.15, 0.2) is 13.6 Å². The normalized spacial score (nSPS) is 10.6. The fourth-order valence-corrected chi connectivity index (χ4v) is 3.49. The van der Waals surface area contributed by atoms with Crippen LogP contribution in [0.4, 0.5) is 5.69 Å². The SMILES string of the molecule is C=CCOCCc1c(CC)c(OCOC)cc(OCOC)c1-c1cccc(NC(C)=O)c1. The predicted molar refractivity (Wildman–Crippen MR) is 125 cm³/mol. The number of hydrogen-bond donors (Lipinski definition) is 1. The predicted octanol–water partition coefficient (Wildman–Crippen LogP) is 4.58. The van der Waals surface area contributed by atoms with Crippen LogP contribution < -0.4 is 14.8 Å². The van der Waals surface area contributed by atoms with Crippen molar-refractivity contribution in [1.29, 1.82) is 0 Å². The third-order valence-corrected chi connectivity index (χ3v) is 4.69. The molecule has 0 aliphatic rings. The number of hydrogen-bond acceptors (Lipinski definition) is 6. The van der Waals surface area contributed by atoms with Crippen LogP contribution in [0.3, 0.4) is 0 Å². The van der Waals surface area contributed by atoms with Crippen LogP contribution in [0.5, 0.6) is 11.5 Å². The first-order valence-corrected chi connectivity index (χ1v) is 10.5. The van der Waals surface area contributed by atoms with E-state index >= 15 is 0 Å². The van der Waals surface area contributed by atoms with E-state index in [4.69, 9.17) is 23.7 Å². The van der Waals surface area contributed by atoms with E-state index in [9.17, 15) is 4.79 Å². The lowest BCUT2D eigenvalue weighted by molar-refractivity contribution is -0.114. The molecule has 0 aliphatic carbocycles. The summed E-state index contributed by atoms with van der Waals surface area (Å²) >= 11 is 0. The van der Waals surface area contributed by atoms with Crippen molar-refractivity contribution in [2.24, 2.45) is 0 Å². The number of ether oxygens (including phenoxy) is 5. The number of carbonyl (C=O) groups is 1. The summed E-state index contributed by atoms with van der Waals surface area (Å²) in [6.45, 7) is 8.46. The van der Waals surface area contributed by atoms with Crippen molar-refractivity contribution < 1.29 is 28.5 Å². The van der Waals surface area contributed by atoms with Crippen molar-refractivity contribution in [3.63, 3.8) is 0 Å². The number of methoxy groups -OCH3 is 2. The fourth-order valence-electron chi connectivity index (χ4n) is 3.49. The van der Waals surface area contributed by atoms with E-state index in [0.717, 1.165) is 28.7 Å². The smallest absolute Gasteiger partial charge is 0.221 e. The molecule has 174 valence electrons. The summed E-state index contributed by atoms with van der Waals surface area (Å²) in [5, 5.41) is 2.84. The summed E-state index contributed by atoms with van der Waals surface area (Å²) in [6.07, 6.45) is 3.12. The molecule has 0 unspecified atom stereocenters. The van der Waals surface area contributed by atoms with Gasteiger partial charge in [0, 0.05) is 38.5 Å².